The van der Waals surface area contributed by atoms with Crippen molar-refractivity contribution < 1.29 is 18.0 Å². The molecule has 5 heteroatoms. The molecule has 0 aromatic carbocycles. The zero-order chi connectivity index (χ0) is 10.8. The molecule has 13 heavy (non-hydrogen) atoms. The third-order valence-electron chi connectivity index (χ3n) is 2.14. The van der Waals surface area contributed by atoms with Crippen LogP contribution >= 0.6 is 0 Å². The van der Waals surface area contributed by atoms with Gasteiger partial charge in [0, 0.05) is 13.1 Å². The molecule has 0 aromatic heterocycles. The Bertz CT molecular complexity index is 188. The molecule has 2 nitrogen and oxygen atoms in total. The molecule has 0 bridgehead atoms. The highest BCUT2D eigenvalue weighted by Gasteiger charge is 2.42. The molecule has 0 saturated carbocycles. The van der Waals surface area contributed by atoms with Crippen molar-refractivity contribution in [3.05, 3.63) is 0 Å². The molecule has 0 N–H and O–H groups in total. The van der Waals surface area contributed by atoms with Gasteiger partial charge in [0.1, 0.15) is 0 Å². The first-order valence-electron chi connectivity index (χ1n) is 4.02. The molecular weight excluding hydrogens is 183 g/mol. The van der Waals surface area contributed by atoms with E-state index >= 15 is 0 Å². The van der Waals surface area contributed by atoms with Gasteiger partial charge in [-0.1, -0.05) is 13.8 Å². The van der Waals surface area contributed by atoms with Gasteiger partial charge in [-0.25, -0.2) is 0 Å². The summed E-state index contributed by atoms with van der Waals surface area (Å²) in [4.78, 5) is 11.4. The maximum absolute atomic E-state index is 11.9. The van der Waals surface area contributed by atoms with Crippen LogP contribution in [0.15, 0.2) is 0 Å². The van der Waals surface area contributed by atoms with Crippen LogP contribution in [0.2, 0.25) is 0 Å². The van der Waals surface area contributed by atoms with Crippen molar-refractivity contribution in [2.24, 2.45) is 5.92 Å². The van der Waals surface area contributed by atoms with Crippen LogP contribution in [-0.4, -0.2) is 30.1 Å². The number of alkyl halides is 3. The Morgan fingerprint density at radius 3 is 1.85 bits per heavy atom. The Balaban J connectivity index is 4.44. The SMILES string of the molecule is CC(C)C(C)N(C)C(=O)C(F)(F)F. The average Bonchev–Trinajstić information content (AvgIpc) is 1.98. The minimum atomic E-state index is -4.77. The fourth-order valence-electron chi connectivity index (χ4n) is 0.832. The van der Waals surface area contributed by atoms with Crippen molar-refractivity contribution in [2.75, 3.05) is 7.05 Å². The molecule has 0 rings (SSSR count). The van der Waals surface area contributed by atoms with Gasteiger partial charge in [-0.3, -0.25) is 4.79 Å². The molecule has 1 unspecified atom stereocenters. The standard InChI is InChI=1S/C8H14F3NO/c1-5(2)6(3)12(4)7(13)8(9,10)11/h5-6H,1-4H3. The van der Waals surface area contributed by atoms with Gasteiger partial charge in [-0.15, -0.1) is 0 Å². The fraction of sp³-hybridized carbons (Fsp3) is 0.875. The average molecular weight is 197 g/mol. The number of amides is 1. The lowest BCUT2D eigenvalue weighted by molar-refractivity contribution is -0.186. The number of halogens is 3. The first-order valence-corrected chi connectivity index (χ1v) is 4.02. The van der Waals surface area contributed by atoms with Crippen molar-refractivity contribution in [1.82, 2.24) is 4.90 Å². The van der Waals surface area contributed by atoms with Gasteiger partial charge >= 0.3 is 12.1 Å². The number of hydrogen-bond acceptors (Lipinski definition) is 1. The highest BCUT2D eigenvalue weighted by atomic mass is 19.4. The quantitative estimate of drug-likeness (QED) is 0.663. The van der Waals surface area contributed by atoms with Gasteiger partial charge < -0.3 is 4.90 Å². The second-order valence-corrected chi connectivity index (χ2v) is 3.40. The molecule has 0 saturated heterocycles. The van der Waals surface area contributed by atoms with Gasteiger partial charge in [-0.05, 0) is 12.8 Å². The number of carbonyl (C=O) groups excluding carboxylic acids is 1. The molecule has 1 atom stereocenters. The van der Waals surface area contributed by atoms with E-state index in [0.29, 0.717) is 0 Å². The minimum absolute atomic E-state index is 0.0105. The number of rotatable bonds is 2. The highest BCUT2D eigenvalue weighted by molar-refractivity contribution is 5.81. The molecule has 0 aromatic rings. The number of nitrogens with zero attached hydrogens (tertiary/aromatic N) is 1. The lowest BCUT2D eigenvalue weighted by atomic mass is 10.1. The zero-order valence-corrected chi connectivity index (χ0v) is 8.14. The van der Waals surface area contributed by atoms with Crippen LogP contribution in [0, 0.1) is 5.92 Å². The topological polar surface area (TPSA) is 20.3 Å². The lowest BCUT2D eigenvalue weighted by Crippen LogP contribution is -2.45. The summed E-state index contributed by atoms with van der Waals surface area (Å²) in [6.45, 7) is 5.13. The Hall–Kier alpha value is -0.740. The normalized spacial score (nSPS) is 14.5. The van der Waals surface area contributed by atoms with Gasteiger partial charge in [0.2, 0.25) is 0 Å². The fourth-order valence-corrected chi connectivity index (χ4v) is 0.832. The van der Waals surface area contributed by atoms with E-state index in [1.54, 1.807) is 20.8 Å². The van der Waals surface area contributed by atoms with Crippen LogP contribution in [-0.2, 0) is 4.79 Å². The van der Waals surface area contributed by atoms with Crippen LogP contribution in [0.25, 0.3) is 0 Å². The van der Waals surface area contributed by atoms with E-state index in [-0.39, 0.29) is 5.92 Å². The molecule has 0 radical (unpaired) electrons. The maximum Gasteiger partial charge on any atom is 0.471 e. The van der Waals surface area contributed by atoms with E-state index in [1.807, 2.05) is 0 Å². The molecule has 0 aliphatic rings. The van der Waals surface area contributed by atoms with E-state index in [4.69, 9.17) is 0 Å². The van der Waals surface area contributed by atoms with E-state index in [1.165, 1.54) is 7.05 Å². The van der Waals surface area contributed by atoms with Crippen LogP contribution in [0.3, 0.4) is 0 Å². The Kier molecular flexibility index (Phi) is 3.75. The minimum Gasteiger partial charge on any atom is -0.335 e. The summed E-state index contributed by atoms with van der Waals surface area (Å²) in [5.41, 5.74) is 0. The maximum atomic E-state index is 11.9. The summed E-state index contributed by atoms with van der Waals surface area (Å²) in [6, 6.07) is -0.408. The smallest absolute Gasteiger partial charge is 0.335 e. The largest absolute Gasteiger partial charge is 0.471 e. The third-order valence-corrected chi connectivity index (χ3v) is 2.14. The third kappa shape index (κ3) is 3.24. The summed E-state index contributed by atoms with van der Waals surface area (Å²) in [6.07, 6.45) is -4.77. The highest BCUT2D eigenvalue weighted by Crippen LogP contribution is 2.20. The van der Waals surface area contributed by atoms with Gasteiger partial charge in [0.15, 0.2) is 0 Å². The summed E-state index contributed by atoms with van der Waals surface area (Å²) < 4.78 is 35.8. The number of carbonyl (C=O) groups is 1. The lowest BCUT2D eigenvalue weighted by Gasteiger charge is -2.28. The Morgan fingerprint density at radius 1 is 1.23 bits per heavy atom. The number of hydrogen-bond donors (Lipinski definition) is 0. The molecule has 0 fully saturated rings. The van der Waals surface area contributed by atoms with Crippen LogP contribution in [0.4, 0.5) is 13.2 Å². The molecule has 0 spiro atoms. The summed E-state index contributed by atoms with van der Waals surface area (Å²) in [5, 5.41) is 0. The zero-order valence-electron chi connectivity index (χ0n) is 8.14. The van der Waals surface area contributed by atoms with Gasteiger partial charge in [0.25, 0.3) is 0 Å². The molecule has 0 aliphatic carbocycles. The summed E-state index contributed by atoms with van der Waals surface area (Å²) in [7, 11) is 1.17. The molecule has 1 amide bonds. The van der Waals surface area contributed by atoms with Crippen LogP contribution in [0.1, 0.15) is 20.8 Å². The second-order valence-electron chi connectivity index (χ2n) is 3.40. The molecule has 0 aliphatic heterocycles. The van der Waals surface area contributed by atoms with Crippen molar-refractivity contribution in [3.8, 4) is 0 Å². The van der Waals surface area contributed by atoms with E-state index < -0.39 is 18.1 Å². The van der Waals surface area contributed by atoms with Crippen molar-refractivity contribution >= 4 is 5.91 Å². The van der Waals surface area contributed by atoms with Crippen LogP contribution in [0.5, 0.6) is 0 Å². The van der Waals surface area contributed by atoms with E-state index in [2.05, 4.69) is 0 Å². The summed E-state index contributed by atoms with van der Waals surface area (Å²) >= 11 is 0. The second kappa shape index (κ2) is 3.98. The van der Waals surface area contributed by atoms with Crippen LogP contribution < -0.4 is 0 Å². The van der Waals surface area contributed by atoms with E-state index in [0.717, 1.165) is 4.90 Å². The molecule has 0 heterocycles. The predicted octanol–water partition coefficient (Wildman–Crippen LogP) is 2.05. The Morgan fingerprint density at radius 2 is 1.62 bits per heavy atom. The molecule has 78 valence electrons. The first kappa shape index (κ1) is 12.3. The van der Waals surface area contributed by atoms with E-state index in [9.17, 15) is 18.0 Å². The summed E-state index contributed by atoms with van der Waals surface area (Å²) in [5.74, 6) is -1.77. The van der Waals surface area contributed by atoms with Crippen molar-refractivity contribution in [1.29, 1.82) is 0 Å². The predicted molar refractivity (Wildman–Crippen MR) is 43.1 cm³/mol. The monoisotopic (exact) mass is 197 g/mol. The van der Waals surface area contributed by atoms with Gasteiger partial charge in [0.05, 0.1) is 0 Å². The first-order chi connectivity index (χ1) is 5.68. The molecular formula is C8H14F3NO. The Labute approximate surface area is 75.7 Å². The van der Waals surface area contributed by atoms with Gasteiger partial charge in [-0.2, -0.15) is 13.2 Å². The van der Waals surface area contributed by atoms with Crippen molar-refractivity contribution in [2.45, 2.75) is 33.0 Å². The van der Waals surface area contributed by atoms with Crippen molar-refractivity contribution in [3.63, 3.8) is 0 Å².